The maximum absolute atomic E-state index is 12.3. The Bertz CT molecular complexity index is 1160. The second kappa shape index (κ2) is 10.4. The fourth-order valence-electron chi connectivity index (χ4n) is 2.89. The van der Waals surface area contributed by atoms with Gasteiger partial charge in [0.1, 0.15) is 0 Å². The molecule has 3 heterocycles. The van der Waals surface area contributed by atoms with E-state index in [-0.39, 0.29) is 24.1 Å². The van der Waals surface area contributed by atoms with Crippen LogP contribution in [0.15, 0.2) is 82.8 Å². The molecule has 0 saturated heterocycles. The molecule has 162 valence electrons. The Morgan fingerprint density at radius 3 is 2.62 bits per heavy atom. The van der Waals surface area contributed by atoms with E-state index in [0.29, 0.717) is 29.0 Å². The molecule has 0 aliphatic rings. The van der Waals surface area contributed by atoms with Gasteiger partial charge in [0.25, 0.3) is 0 Å². The van der Waals surface area contributed by atoms with Crippen molar-refractivity contribution >= 4 is 29.3 Å². The van der Waals surface area contributed by atoms with Gasteiger partial charge in [-0.3, -0.25) is 19.1 Å². The number of hydrogen-bond acceptors (Lipinski definition) is 7. The first kappa shape index (κ1) is 21.3. The molecule has 4 rings (SSSR count). The van der Waals surface area contributed by atoms with Crippen molar-refractivity contribution in [3.05, 3.63) is 78.8 Å². The Kier molecular flexibility index (Phi) is 6.93. The maximum Gasteiger partial charge on any atom is 0.243 e. The Morgan fingerprint density at radius 2 is 1.88 bits per heavy atom. The average molecular weight is 449 g/mol. The fourth-order valence-corrected chi connectivity index (χ4v) is 3.66. The van der Waals surface area contributed by atoms with Gasteiger partial charge in [-0.2, -0.15) is 0 Å². The number of thioether (sulfide) groups is 1. The third-order valence-corrected chi connectivity index (χ3v) is 5.33. The number of amides is 2. The van der Waals surface area contributed by atoms with Crippen LogP contribution < -0.4 is 10.6 Å². The molecule has 0 aliphatic carbocycles. The summed E-state index contributed by atoms with van der Waals surface area (Å²) >= 11 is 1.24. The molecule has 3 aromatic heterocycles. The molecule has 1 aromatic carbocycles. The number of carbonyl (C=O) groups is 2. The molecule has 0 atom stereocenters. The zero-order valence-electron chi connectivity index (χ0n) is 17.0. The number of carbonyl (C=O) groups excluding carboxylic acids is 2. The van der Waals surface area contributed by atoms with Gasteiger partial charge in [0.15, 0.2) is 10.9 Å². The first-order valence-corrected chi connectivity index (χ1v) is 10.8. The van der Waals surface area contributed by atoms with E-state index in [9.17, 15) is 9.59 Å². The molecular weight excluding hydrogens is 428 g/mol. The molecular formula is C22H20N6O3S. The van der Waals surface area contributed by atoms with E-state index < -0.39 is 0 Å². The number of rotatable bonds is 9. The summed E-state index contributed by atoms with van der Waals surface area (Å²) in [6.07, 6.45) is 4.72. The highest BCUT2D eigenvalue weighted by Gasteiger charge is 2.18. The normalized spacial score (nSPS) is 10.6. The summed E-state index contributed by atoms with van der Waals surface area (Å²) in [5, 5.41) is 14.3. The van der Waals surface area contributed by atoms with Crippen molar-refractivity contribution in [1.29, 1.82) is 0 Å². The molecule has 32 heavy (non-hydrogen) atoms. The Morgan fingerprint density at radius 1 is 1.00 bits per heavy atom. The molecule has 10 heteroatoms. The zero-order chi connectivity index (χ0) is 22.2. The number of nitrogens with zero attached hydrogens (tertiary/aromatic N) is 4. The summed E-state index contributed by atoms with van der Waals surface area (Å²) in [4.78, 5) is 28.2. The third kappa shape index (κ3) is 5.61. The summed E-state index contributed by atoms with van der Waals surface area (Å²) in [7, 11) is 0. The number of anilines is 1. The van der Waals surface area contributed by atoms with Crippen molar-refractivity contribution in [2.75, 3.05) is 17.6 Å². The lowest BCUT2D eigenvalue weighted by Gasteiger charge is -2.10. The van der Waals surface area contributed by atoms with E-state index in [1.54, 1.807) is 30.7 Å². The lowest BCUT2D eigenvalue weighted by Crippen LogP contribution is -2.34. The van der Waals surface area contributed by atoms with Crippen LogP contribution in [0.2, 0.25) is 0 Å². The van der Waals surface area contributed by atoms with Crippen molar-refractivity contribution in [3.63, 3.8) is 0 Å². The van der Waals surface area contributed by atoms with E-state index in [2.05, 4.69) is 25.8 Å². The van der Waals surface area contributed by atoms with Gasteiger partial charge in [-0.25, -0.2) is 0 Å². The fraction of sp³-hybridized carbons (Fsp3) is 0.136. The van der Waals surface area contributed by atoms with Crippen LogP contribution in [0.4, 0.5) is 5.69 Å². The third-order valence-electron chi connectivity index (χ3n) is 4.37. The average Bonchev–Trinajstić information content (AvgIpc) is 3.48. The maximum atomic E-state index is 12.3. The van der Waals surface area contributed by atoms with Crippen LogP contribution in [0.25, 0.3) is 11.6 Å². The van der Waals surface area contributed by atoms with Crippen molar-refractivity contribution < 1.29 is 14.0 Å². The van der Waals surface area contributed by atoms with Crippen molar-refractivity contribution in [2.45, 2.75) is 11.7 Å². The van der Waals surface area contributed by atoms with E-state index in [0.717, 1.165) is 5.56 Å². The quantitative estimate of drug-likeness (QED) is 0.378. The minimum atomic E-state index is -0.330. The van der Waals surface area contributed by atoms with Crippen LogP contribution in [0.3, 0.4) is 0 Å². The van der Waals surface area contributed by atoms with Crippen LogP contribution in [-0.4, -0.2) is 43.9 Å². The highest BCUT2D eigenvalue weighted by molar-refractivity contribution is 7.99. The predicted molar refractivity (Wildman–Crippen MR) is 120 cm³/mol. The van der Waals surface area contributed by atoms with Crippen molar-refractivity contribution in [2.24, 2.45) is 0 Å². The monoisotopic (exact) mass is 448 g/mol. The van der Waals surface area contributed by atoms with Gasteiger partial charge >= 0.3 is 0 Å². The van der Waals surface area contributed by atoms with Gasteiger partial charge in [-0.1, -0.05) is 42.1 Å². The number of pyridine rings is 1. The Hall–Kier alpha value is -3.92. The standard InChI is InChI=1S/C22H20N6O3S/c29-19(25-17-8-4-10-23-12-17)13-24-20(30)15-32-22-27-26-21(18-9-5-11-31-18)28(22)14-16-6-2-1-3-7-16/h1-12H,13-15H2,(H,24,30)(H,25,29). The lowest BCUT2D eigenvalue weighted by molar-refractivity contribution is -0.122. The molecule has 0 unspecified atom stereocenters. The molecule has 2 N–H and O–H groups in total. The number of nitrogens with one attached hydrogen (secondary N) is 2. The number of benzene rings is 1. The molecule has 0 spiro atoms. The molecule has 0 fully saturated rings. The van der Waals surface area contributed by atoms with Gasteiger partial charge in [-0.05, 0) is 29.8 Å². The topological polar surface area (TPSA) is 115 Å². The number of furan rings is 1. The predicted octanol–water partition coefficient (Wildman–Crippen LogP) is 2.83. The Labute approximate surface area is 188 Å². The summed E-state index contributed by atoms with van der Waals surface area (Å²) in [6, 6.07) is 16.9. The largest absolute Gasteiger partial charge is 0.461 e. The van der Waals surface area contributed by atoms with Gasteiger partial charge in [0.2, 0.25) is 17.6 Å². The van der Waals surface area contributed by atoms with Gasteiger partial charge in [0.05, 0.1) is 37.0 Å². The van der Waals surface area contributed by atoms with E-state index in [4.69, 9.17) is 4.42 Å². The van der Waals surface area contributed by atoms with Crippen molar-refractivity contribution in [3.8, 4) is 11.6 Å². The van der Waals surface area contributed by atoms with E-state index in [1.165, 1.54) is 18.0 Å². The molecule has 0 aliphatic heterocycles. The second-order valence-corrected chi connectivity index (χ2v) is 7.65. The molecule has 0 bridgehead atoms. The smallest absolute Gasteiger partial charge is 0.243 e. The molecule has 9 nitrogen and oxygen atoms in total. The summed E-state index contributed by atoms with van der Waals surface area (Å²) in [6.45, 7) is 0.393. The molecule has 4 aromatic rings. The molecule has 2 amide bonds. The highest BCUT2D eigenvalue weighted by Crippen LogP contribution is 2.25. The van der Waals surface area contributed by atoms with Gasteiger partial charge in [-0.15, -0.1) is 10.2 Å². The second-order valence-electron chi connectivity index (χ2n) is 6.71. The minimum Gasteiger partial charge on any atom is -0.461 e. The van der Waals surface area contributed by atoms with Gasteiger partial charge < -0.3 is 15.1 Å². The van der Waals surface area contributed by atoms with Crippen LogP contribution in [0.5, 0.6) is 0 Å². The van der Waals surface area contributed by atoms with E-state index >= 15 is 0 Å². The number of aromatic nitrogens is 4. The summed E-state index contributed by atoms with van der Waals surface area (Å²) < 4.78 is 7.39. The highest BCUT2D eigenvalue weighted by atomic mass is 32.2. The van der Waals surface area contributed by atoms with Gasteiger partial charge in [0, 0.05) is 6.20 Å². The number of hydrogen-bond donors (Lipinski definition) is 2. The summed E-state index contributed by atoms with van der Waals surface area (Å²) in [5.74, 6) is 0.647. The van der Waals surface area contributed by atoms with E-state index in [1.807, 2.05) is 41.0 Å². The molecule has 0 saturated carbocycles. The summed E-state index contributed by atoms with van der Waals surface area (Å²) in [5.41, 5.74) is 1.64. The SMILES string of the molecule is O=C(CSc1nnc(-c2ccco2)n1Cc1ccccc1)NCC(=O)Nc1cccnc1. The van der Waals surface area contributed by atoms with Crippen molar-refractivity contribution in [1.82, 2.24) is 25.1 Å². The first-order valence-electron chi connectivity index (χ1n) is 9.79. The van der Waals surface area contributed by atoms with Crippen LogP contribution in [0.1, 0.15) is 5.56 Å². The molecule has 0 radical (unpaired) electrons. The van der Waals surface area contributed by atoms with Crippen LogP contribution in [-0.2, 0) is 16.1 Å². The minimum absolute atomic E-state index is 0.0885. The van der Waals surface area contributed by atoms with Crippen LogP contribution in [0, 0.1) is 0 Å². The lowest BCUT2D eigenvalue weighted by atomic mass is 10.2. The zero-order valence-corrected chi connectivity index (χ0v) is 17.8. The first-order chi connectivity index (χ1) is 15.7. The Balaban J connectivity index is 1.37. The van der Waals surface area contributed by atoms with Crippen LogP contribution >= 0.6 is 11.8 Å².